The van der Waals surface area contributed by atoms with Crippen molar-refractivity contribution in [1.29, 1.82) is 0 Å². The standard InChI is InChI=1S/C15H16O6/c1-15-6-12(18)10(16)5-9(15)8-3-7(20-2)4-11(17)13(8)14(19)21-15/h3-5,10,12,16-18H,6H2,1-2H3/t10-,12-,15+/m1/s1. The number of aliphatic hydroxyl groups excluding tert-OH is 2. The normalized spacial score (nSPS) is 30.9. The van der Waals surface area contributed by atoms with Crippen molar-refractivity contribution in [2.24, 2.45) is 0 Å². The molecule has 0 amide bonds. The van der Waals surface area contributed by atoms with E-state index in [1.165, 1.54) is 19.3 Å². The van der Waals surface area contributed by atoms with Crippen LogP contribution in [0.25, 0.3) is 5.57 Å². The first-order chi connectivity index (χ1) is 9.85. The van der Waals surface area contributed by atoms with Gasteiger partial charge >= 0.3 is 5.97 Å². The van der Waals surface area contributed by atoms with Crippen LogP contribution in [0.3, 0.4) is 0 Å². The Labute approximate surface area is 121 Å². The van der Waals surface area contributed by atoms with Gasteiger partial charge in [-0.25, -0.2) is 4.79 Å². The highest BCUT2D eigenvalue weighted by Gasteiger charge is 2.47. The molecule has 21 heavy (non-hydrogen) atoms. The van der Waals surface area contributed by atoms with Crippen LogP contribution in [0.2, 0.25) is 0 Å². The fourth-order valence-electron chi connectivity index (χ4n) is 2.96. The van der Waals surface area contributed by atoms with Crippen LogP contribution in [0.4, 0.5) is 0 Å². The van der Waals surface area contributed by atoms with Gasteiger partial charge in [-0.15, -0.1) is 0 Å². The Morgan fingerprint density at radius 3 is 2.76 bits per heavy atom. The Morgan fingerprint density at radius 1 is 1.38 bits per heavy atom. The SMILES string of the molecule is COc1cc(O)c2c(c1)C1=C[C@@H](O)[C@H](O)C[C@]1(C)OC2=O. The average molecular weight is 292 g/mol. The van der Waals surface area contributed by atoms with Crippen molar-refractivity contribution in [2.45, 2.75) is 31.2 Å². The fraction of sp³-hybridized carbons (Fsp3) is 0.400. The highest BCUT2D eigenvalue weighted by molar-refractivity contribution is 6.03. The van der Waals surface area contributed by atoms with Crippen molar-refractivity contribution in [3.05, 3.63) is 29.3 Å². The van der Waals surface area contributed by atoms with Crippen LogP contribution in [0.1, 0.15) is 29.3 Å². The lowest BCUT2D eigenvalue weighted by atomic mass is 9.75. The maximum absolute atomic E-state index is 12.2. The van der Waals surface area contributed by atoms with E-state index < -0.39 is 23.8 Å². The number of carbonyl (C=O) groups excluding carboxylic acids is 1. The molecule has 1 aromatic rings. The minimum atomic E-state index is -1.05. The third-order valence-corrected chi connectivity index (χ3v) is 4.04. The zero-order chi connectivity index (χ0) is 15.4. The molecule has 112 valence electrons. The second kappa shape index (κ2) is 4.47. The van der Waals surface area contributed by atoms with Crippen LogP contribution in [0.15, 0.2) is 18.2 Å². The van der Waals surface area contributed by atoms with E-state index >= 15 is 0 Å². The number of ether oxygens (including phenoxy) is 2. The number of hydrogen-bond donors (Lipinski definition) is 3. The first-order valence-corrected chi connectivity index (χ1v) is 6.59. The van der Waals surface area contributed by atoms with Crippen LogP contribution >= 0.6 is 0 Å². The van der Waals surface area contributed by atoms with Gasteiger partial charge in [-0.3, -0.25) is 0 Å². The quantitative estimate of drug-likeness (QED) is 0.664. The summed E-state index contributed by atoms with van der Waals surface area (Å²) in [5.41, 5.74) is 0.0189. The van der Waals surface area contributed by atoms with E-state index in [2.05, 4.69) is 0 Å². The molecule has 0 fully saturated rings. The number of carbonyl (C=O) groups is 1. The molecule has 6 heteroatoms. The number of aromatic hydroxyl groups is 1. The average Bonchev–Trinajstić information content (AvgIpc) is 2.40. The zero-order valence-corrected chi connectivity index (χ0v) is 11.7. The van der Waals surface area contributed by atoms with Gasteiger partial charge in [0.25, 0.3) is 0 Å². The van der Waals surface area contributed by atoms with E-state index in [0.29, 0.717) is 16.9 Å². The fourth-order valence-corrected chi connectivity index (χ4v) is 2.96. The molecule has 0 bridgehead atoms. The first-order valence-electron chi connectivity index (χ1n) is 6.59. The summed E-state index contributed by atoms with van der Waals surface area (Å²) in [6.07, 6.45) is -0.514. The topological polar surface area (TPSA) is 96.2 Å². The number of phenolic OH excluding ortho intramolecular Hbond substituents is 1. The van der Waals surface area contributed by atoms with Crippen molar-refractivity contribution >= 4 is 11.5 Å². The van der Waals surface area contributed by atoms with Crippen LogP contribution < -0.4 is 4.74 Å². The second-order valence-corrected chi connectivity index (χ2v) is 5.53. The van der Waals surface area contributed by atoms with Gasteiger partial charge in [0.2, 0.25) is 0 Å². The number of fused-ring (bicyclic) bond motifs is 3. The molecule has 0 unspecified atom stereocenters. The van der Waals surface area contributed by atoms with Gasteiger partial charge in [-0.2, -0.15) is 0 Å². The van der Waals surface area contributed by atoms with Gasteiger partial charge in [-0.1, -0.05) is 0 Å². The summed E-state index contributed by atoms with van der Waals surface area (Å²) in [4.78, 5) is 12.2. The van der Waals surface area contributed by atoms with Crippen molar-refractivity contribution in [1.82, 2.24) is 0 Å². The van der Waals surface area contributed by atoms with Crippen LogP contribution in [-0.4, -0.2) is 46.2 Å². The van der Waals surface area contributed by atoms with Gasteiger partial charge < -0.3 is 24.8 Å². The Hall–Kier alpha value is -2.05. The van der Waals surface area contributed by atoms with Gasteiger partial charge in [0.1, 0.15) is 22.7 Å². The molecule has 6 nitrogen and oxygen atoms in total. The first kappa shape index (κ1) is 13.9. The molecule has 1 heterocycles. The van der Waals surface area contributed by atoms with E-state index in [4.69, 9.17) is 9.47 Å². The monoisotopic (exact) mass is 292 g/mol. The molecule has 1 aliphatic heterocycles. The molecule has 1 aromatic carbocycles. The molecular weight excluding hydrogens is 276 g/mol. The zero-order valence-electron chi connectivity index (χ0n) is 11.7. The van der Waals surface area contributed by atoms with E-state index in [0.717, 1.165) is 0 Å². The van der Waals surface area contributed by atoms with Gasteiger partial charge in [0.15, 0.2) is 0 Å². The summed E-state index contributed by atoms with van der Waals surface area (Å²) in [7, 11) is 1.45. The molecule has 3 atom stereocenters. The number of hydrogen-bond acceptors (Lipinski definition) is 6. The lowest BCUT2D eigenvalue weighted by Gasteiger charge is -2.42. The molecule has 0 spiro atoms. The molecule has 0 saturated carbocycles. The highest BCUT2D eigenvalue weighted by atomic mass is 16.6. The number of aliphatic hydroxyl groups is 2. The predicted molar refractivity (Wildman–Crippen MR) is 73.1 cm³/mol. The Bertz CT molecular complexity index is 650. The summed E-state index contributed by atoms with van der Waals surface area (Å²) in [5.74, 6) is -0.504. The van der Waals surface area contributed by atoms with E-state index in [9.17, 15) is 20.1 Å². The predicted octanol–water partition coefficient (Wildman–Crippen LogP) is 0.839. The van der Waals surface area contributed by atoms with Crippen molar-refractivity contribution < 1.29 is 29.6 Å². The van der Waals surface area contributed by atoms with Crippen molar-refractivity contribution in [3.8, 4) is 11.5 Å². The molecular formula is C15H16O6. The number of methoxy groups -OCH3 is 1. The molecule has 0 radical (unpaired) electrons. The van der Waals surface area contributed by atoms with Gasteiger partial charge in [-0.05, 0) is 19.1 Å². The van der Waals surface area contributed by atoms with Crippen LogP contribution in [0.5, 0.6) is 11.5 Å². The van der Waals surface area contributed by atoms with Crippen LogP contribution in [-0.2, 0) is 4.74 Å². The third-order valence-electron chi connectivity index (χ3n) is 4.04. The summed E-state index contributed by atoms with van der Waals surface area (Å²) in [5, 5.41) is 29.7. The Morgan fingerprint density at radius 2 is 2.10 bits per heavy atom. The van der Waals surface area contributed by atoms with E-state index in [-0.39, 0.29) is 17.7 Å². The largest absolute Gasteiger partial charge is 0.507 e. The number of benzene rings is 1. The maximum Gasteiger partial charge on any atom is 0.343 e. The molecule has 2 aliphatic rings. The lowest BCUT2D eigenvalue weighted by molar-refractivity contribution is -0.0387. The Balaban J connectivity index is 2.26. The van der Waals surface area contributed by atoms with Gasteiger partial charge in [0.05, 0.1) is 19.3 Å². The van der Waals surface area contributed by atoms with Crippen molar-refractivity contribution in [3.63, 3.8) is 0 Å². The van der Waals surface area contributed by atoms with E-state index in [1.54, 1.807) is 13.0 Å². The summed E-state index contributed by atoms with van der Waals surface area (Å²) in [6.45, 7) is 1.67. The number of phenols is 1. The molecule has 0 saturated heterocycles. The highest BCUT2D eigenvalue weighted by Crippen LogP contribution is 2.47. The molecule has 3 N–H and O–H groups in total. The van der Waals surface area contributed by atoms with Crippen LogP contribution in [0, 0.1) is 0 Å². The third kappa shape index (κ3) is 1.99. The maximum atomic E-state index is 12.2. The number of esters is 1. The van der Waals surface area contributed by atoms with Gasteiger partial charge in [0, 0.05) is 23.6 Å². The Kier molecular flexibility index (Phi) is 2.96. The van der Waals surface area contributed by atoms with E-state index in [1.807, 2.05) is 0 Å². The smallest absolute Gasteiger partial charge is 0.343 e. The molecule has 0 aromatic heterocycles. The van der Waals surface area contributed by atoms with Crippen molar-refractivity contribution in [2.75, 3.05) is 7.11 Å². The molecule has 1 aliphatic carbocycles. The second-order valence-electron chi connectivity index (χ2n) is 5.53. The summed E-state index contributed by atoms with van der Waals surface area (Å²) < 4.78 is 10.5. The number of rotatable bonds is 1. The molecule has 3 rings (SSSR count). The summed E-state index contributed by atoms with van der Waals surface area (Å²) >= 11 is 0. The minimum Gasteiger partial charge on any atom is -0.507 e. The minimum absolute atomic E-state index is 0.0446. The lowest BCUT2D eigenvalue weighted by Crippen LogP contribution is -2.47. The summed E-state index contributed by atoms with van der Waals surface area (Å²) in [6, 6.07) is 2.95.